The van der Waals surface area contributed by atoms with Crippen LogP contribution in [0.2, 0.25) is 0 Å². The molecule has 1 fully saturated rings. The molecule has 0 bridgehead atoms. The molecule has 1 atom stereocenters. The van der Waals surface area contributed by atoms with Crippen LogP contribution in [0.15, 0.2) is 0 Å². The van der Waals surface area contributed by atoms with Crippen LogP contribution in [0.25, 0.3) is 0 Å². The molecule has 0 aromatic heterocycles. The van der Waals surface area contributed by atoms with Gasteiger partial charge in [0, 0.05) is 12.1 Å². The van der Waals surface area contributed by atoms with Gasteiger partial charge in [0.05, 0.1) is 6.54 Å². The first-order valence-corrected chi connectivity index (χ1v) is 6.10. The molecule has 1 rings (SSSR count). The van der Waals surface area contributed by atoms with E-state index in [0.29, 0.717) is 24.5 Å². The molecule has 3 heteroatoms. The van der Waals surface area contributed by atoms with E-state index in [1.165, 1.54) is 19.3 Å². The summed E-state index contributed by atoms with van der Waals surface area (Å²) in [6, 6.07) is 0.919. The van der Waals surface area contributed by atoms with Crippen molar-refractivity contribution in [3.63, 3.8) is 0 Å². The van der Waals surface area contributed by atoms with Gasteiger partial charge in [-0.05, 0) is 38.5 Å². The second-order valence-corrected chi connectivity index (χ2v) is 5.09. The third kappa shape index (κ3) is 6.50. The average Bonchev–Trinajstić information content (AvgIpc) is 2.95. The zero-order valence-electron chi connectivity index (χ0n) is 10.2. The molecule has 15 heavy (non-hydrogen) atoms. The van der Waals surface area contributed by atoms with Crippen LogP contribution in [-0.2, 0) is 4.79 Å². The monoisotopic (exact) mass is 212 g/mol. The maximum atomic E-state index is 11.5. The molecule has 1 unspecified atom stereocenters. The summed E-state index contributed by atoms with van der Waals surface area (Å²) in [7, 11) is 0. The van der Waals surface area contributed by atoms with Crippen LogP contribution >= 0.6 is 0 Å². The normalized spacial score (nSPS) is 17.9. The lowest BCUT2D eigenvalue weighted by Gasteiger charge is -2.15. The summed E-state index contributed by atoms with van der Waals surface area (Å²) in [5.74, 6) is 0.854. The van der Waals surface area contributed by atoms with Gasteiger partial charge in [0.25, 0.3) is 0 Å². The number of nitrogens with one attached hydrogen (secondary N) is 2. The first-order valence-electron chi connectivity index (χ1n) is 6.10. The molecule has 0 heterocycles. The Balaban J connectivity index is 2.01. The molecule has 1 aliphatic carbocycles. The topological polar surface area (TPSA) is 41.1 Å². The Morgan fingerprint density at radius 3 is 2.47 bits per heavy atom. The minimum atomic E-state index is 0.137. The maximum absolute atomic E-state index is 11.5. The Bertz CT molecular complexity index is 200. The fraction of sp³-hybridized carbons (Fsp3) is 0.917. The Hall–Kier alpha value is -0.570. The van der Waals surface area contributed by atoms with Crippen molar-refractivity contribution in [3.05, 3.63) is 0 Å². The smallest absolute Gasteiger partial charge is 0.234 e. The number of hydrogen-bond acceptors (Lipinski definition) is 2. The van der Waals surface area contributed by atoms with Crippen LogP contribution in [0.3, 0.4) is 0 Å². The van der Waals surface area contributed by atoms with Gasteiger partial charge in [0.1, 0.15) is 0 Å². The Labute approximate surface area is 93.0 Å². The van der Waals surface area contributed by atoms with Gasteiger partial charge in [-0.2, -0.15) is 0 Å². The molecule has 0 spiro atoms. The van der Waals surface area contributed by atoms with Crippen molar-refractivity contribution in [1.29, 1.82) is 0 Å². The van der Waals surface area contributed by atoms with E-state index in [9.17, 15) is 4.79 Å². The lowest BCUT2D eigenvalue weighted by atomic mass is 10.0. The van der Waals surface area contributed by atoms with Gasteiger partial charge in [0.2, 0.25) is 5.91 Å². The van der Waals surface area contributed by atoms with Crippen molar-refractivity contribution < 1.29 is 4.79 Å². The molecule has 1 saturated carbocycles. The Morgan fingerprint density at radius 1 is 1.27 bits per heavy atom. The van der Waals surface area contributed by atoms with Crippen molar-refractivity contribution in [2.75, 3.05) is 6.54 Å². The van der Waals surface area contributed by atoms with Gasteiger partial charge in [-0.25, -0.2) is 0 Å². The fourth-order valence-electron chi connectivity index (χ4n) is 1.51. The number of carbonyl (C=O) groups is 1. The predicted molar refractivity (Wildman–Crippen MR) is 62.7 cm³/mol. The molecule has 0 aliphatic heterocycles. The summed E-state index contributed by atoms with van der Waals surface area (Å²) in [4.78, 5) is 11.5. The van der Waals surface area contributed by atoms with Crippen molar-refractivity contribution in [3.8, 4) is 0 Å². The molecule has 1 aliphatic rings. The van der Waals surface area contributed by atoms with Gasteiger partial charge >= 0.3 is 0 Å². The number of rotatable bonds is 7. The summed E-state index contributed by atoms with van der Waals surface area (Å²) in [6.45, 7) is 6.99. The Kier molecular flexibility index (Phi) is 5.09. The first-order chi connectivity index (χ1) is 7.08. The van der Waals surface area contributed by atoms with Crippen molar-refractivity contribution in [2.24, 2.45) is 5.92 Å². The molecule has 0 radical (unpaired) electrons. The second kappa shape index (κ2) is 6.11. The summed E-state index contributed by atoms with van der Waals surface area (Å²) in [5, 5.41) is 6.23. The SMILES string of the molecule is CC(C)CCC(C)NC(=O)CNC1CC1. The van der Waals surface area contributed by atoms with Crippen LogP contribution in [0.4, 0.5) is 0 Å². The third-order valence-corrected chi connectivity index (χ3v) is 2.71. The highest BCUT2D eigenvalue weighted by Gasteiger charge is 2.21. The third-order valence-electron chi connectivity index (χ3n) is 2.71. The highest BCUT2D eigenvalue weighted by atomic mass is 16.1. The van der Waals surface area contributed by atoms with Crippen LogP contribution < -0.4 is 10.6 Å². The second-order valence-electron chi connectivity index (χ2n) is 5.09. The van der Waals surface area contributed by atoms with Crippen molar-refractivity contribution in [1.82, 2.24) is 10.6 Å². The van der Waals surface area contributed by atoms with Crippen LogP contribution in [0.5, 0.6) is 0 Å². The largest absolute Gasteiger partial charge is 0.353 e. The first kappa shape index (κ1) is 12.5. The van der Waals surface area contributed by atoms with E-state index in [0.717, 1.165) is 6.42 Å². The molecule has 2 N–H and O–H groups in total. The van der Waals surface area contributed by atoms with Crippen molar-refractivity contribution in [2.45, 2.75) is 58.5 Å². The molecule has 3 nitrogen and oxygen atoms in total. The summed E-state index contributed by atoms with van der Waals surface area (Å²) >= 11 is 0. The van der Waals surface area contributed by atoms with Gasteiger partial charge in [-0.1, -0.05) is 13.8 Å². The average molecular weight is 212 g/mol. The van der Waals surface area contributed by atoms with Gasteiger partial charge in [-0.3, -0.25) is 4.79 Å². The predicted octanol–water partition coefficient (Wildman–Crippen LogP) is 1.68. The highest BCUT2D eigenvalue weighted by molar-refractivity contribution is 5.78. The molecule has 0 saturated heterocycles. The standard InChI is InChI=1S/C12H24N2O/c1-9(2)4-5-10(3)14-12(15)8-13-11-6-7-11/h9-11,13H,4-8H2,1-3H3,(H,14,15). The van der Waals surface area contributed by atoms with Gasteiger partial charge < -0.3 is 10.6 Å². The molecular weight excluding hydrogens is 188 g/mol. The lowest BCUT2D eigenvalue weighted by molar-refractivity contribution is -0.120. The van der Waals surface area contributed by atoms with E-state index in [1.807, 2.05) is 0 Å². The molecule has 0 aromatic rings. The molecule has 0 aromatic carbocycles. The molecule has 1 amide bonds. The van der Waals surface area contributed by atoms with E-state index < -0.39 is 0 Å². The van der Waals surface area contributed by atoms with E-state index >= 15 is 0 Å². The maximum Gasteiger partial charge on any atom is 0.234 e. The van der Waals surface area contributed by atoms with E-state index in [4.69, 9.17) is 0 Å². The molecular formula is C12H24N2O. The van der Waals surface area contributed by atoms with E-state index in [-0.39, 0.29) is 5.91 Å². The summed E-state index contributed by atoms with van der Waals surface area (Å²) in [6.07, 6.45) is 4.72. The number of hydrogen-bond donors (Lipinski definition) is 2. The zero-order valence-corrected chi connectivity index (χ0v) is 10.2. The van der Waals surface area contributed by atoms with Crippen LogP contribution in [-0.4, -0.2) is 24.5 Å². The number of carbonyl (C=O) groups excluding carboxylic acids is 1. The fourth-order valence-corrected chi connectivity index (χ4v) is 1.51. The van der Waals surface area contributed by atoms with Gasteiger partial charge in [-0.15, -0.1) is 0 Å². The number of amides is 1. The van der Waals surface area contributed by atoms with Crippen LogP contribution in [0.1, 0.15) is 46.5 Å². The van der Waals surface area contributed by atoms with E-state index in [2.05, 4.69) is 31.4 Å². The quantitative estimate of drug-likeness (QED) is 0.674. The lowest BCUT2D eigenvalue weighted by Crippen LogP contribution is -2.39. The van der Waals surface area contributed by atoms with E-state index in [1.54, 1.807) is 0 Å². The minimum absolute atomic E-state index is 0.137. The van der Waals surface area contributed by atoms with Gasteiger partial charge in [0.15, 0.2) is 0 Å². The highest BCUT2D eigenvalue weighted by Crippen LogP contribution is 2.17. The Morgan fingerprint density at radius 2 is 1.93 bits per heavy atom. The zero-order chi connectivity index (χ0) is 11.3. The van der Waals surface area contributed by atoms with Crippen molar-refractivity contribution >= 4 is 5.91 Å². The summed E-state index contributed by atoms with van der Waals surface area (Å²) < 4.78 is 0. The minimum Gasteiger partial charge on any atom is -0.353 e. The molecule has 88 valence electrons. The van der Waals surface area contributed by atoms with Crippen LogP contribution in [0, 0.1) is 5.92 Å². The summed E-state index contributed by atoms with van der Waals surface area (Å²) in [5.41, 5.74) is 0.